The monoisotopic (exact) mass is 138 g/mol. The number of carbonyl (C=O) groups excluding carboxylic acids is 1. The Kier molecular flexibility index (Phi) is 1.10. The van der Waals surface area contributed by atoms with Crippen LogP contribution in [0.3, 0.4) is 0 Å². The van der Waals surface area contributed by atoms with Crippen LogP contribution in [0.2, 0.25) is 0 Å². The molecule has 0 saturated carbocycles. The molecule has 3 nitrogen and oxygen atoms in total. The molecule has 0 radical (unpaired) electrons. The molecule has 0 bridgehead atoms. The van der Waals surface area contributed by atoms with E-state index in [1.54, 1.807) is 5.94 Å². The van der Waals surface area contributed by atoms with Crippen molar-refractivity contribution in [1.82, 2.24) is 10.2 Å². The lowest BCUT2D eigenvalue weighted by Crippen LogP contribution is -2.69. The Hall–Kier alpha value is -0.790. The highest BCUT2D eigenvalue weighted by molar-refractivity contribution is 5.44. The highest BCUT2D eigenvalue weighted by atomic mass is 16.1. The zero-order valence-electron chi connectivity index (χ0n) is 5.76. The average molecular weight is 138 g/mol. The van der Waals surface area contributed by atoms with Crippen LogP contribution in [0, 0.1) is 5.41 Å². The smallest absolute Gasteiger partial charge is 0.142 e. The van der Waals surface area contributed by atoms with Crippen LogP contribution in [0.4, 0.5) is 0 Å². The molecular weight excluding hydrogens is 128 g/mol. The van der Waals surface area contributed by atoms with Crippen LogP contribution in [0.25, 0.3) is 0 Å². The fourth-order valence-corrected chi connectivity index (χ4v) is 1.68. The second-order valence-electron chi connectivity index (χ2n) is 3.26. The first-order chi connectivity index (χ1) is 4.85. The van der Waals surface area contributed by atoms with Crippen molar-refractivity contribution in [3.63, 3.8) is 0 Å². The van der Waals surface area contributed by atoms with Crippen LogP contribution in [0.5, 0.6) is 0 Å². The lowest BCUT2D eigenvalue weighted by atomic mass is 9.75. The van der Waals surface area contributed by atoms with Gasteiger partial charge in [-0.15, -0.1) is 0 Å². The summed E-state index contributed by atoms with van der Waals surface area (Å²) >= 11 is 0. The molecule has 2 rings (SSSR count). The van der Waals surface area contributed by atoms with Crippen molar-refractivity contribution in [2.24, 2.45) is 5.41 Å². The van der Waals surface area contributed by atoms with E-state index in [1.807, 2.05) is 4.90 Å². The summed E-state index contributed by atoms with van der Waals surface area (Å²) in [6.45, 7) is 4.32. The third-order valence-electron chi connectivity index (χ3n) is 2.31. The summed E-state index contributed by atoms with van der Waals surface area (Å²) in [5, 5.41) is 3.23. The minimum atomic E-state index is 0.521. The molecule has 0 aromatic rings. The topological polar surface area (TPSA) is 32.3 Å². The largest absolute Gasteiger partial charge is 0.367 e. The van der Waals surface area contributed by atoms with E-state index in [2.05, 4.69) is 5.32 Å². The average Bonchev–Trinajstić information content (AvgIpc) is 1.72. The summed E-state index contributed by atoms with van der Waals surface area (Å²) < 4.78 is 0. The highest BCUT2D eigenvalue weighted by Gasteiger charge is 2.46. The van der Waals surface area contributed by atoms with Gasteiger partial charge < -0.3 is 10.2 Å². The lowest BCUT2D eigenvalue weighted by Gasteiger charge is -2.55. The van der Waals surface area contributed by atoms with Gasteiger partial charge in [0.15, 0.2) is 0 Å². The molecule has 1 spiro atoms. The minimum absolute atomic E-state index is 0.521. The second-order valence-corrected chi connectivity index (χ2v) is 3.26. The fourth-order valence-electron chi connectivity index (χ4n) is 1.68. The maximum absolute atomic E-state index is 9.89. The molecule has 2 heterocycles. The SMILES string of the molecule is O=C=CN1CC2(CNC2)C1. The van der Waals surface area contributed by atoms with Crippen LogP contribution in [-0.2, 0) is 4.79 Å². The van der Waals surface area contributed by atoms with Crippen LogP contribution in [-0.4, -0.2) is 37.0 Å². The van der Waals surface area contributed by atoms with Gasteiger partial charge in [-0.1, -0.05) is 0 Å². The standard InChI is InChI=1S/C7H10N2O/c10-2-1-9-5-7(6-9)3-8-4-7/h1,8H,3-6H2. The van der Waals surface area contributed by atoms with Crippen LogP contribution < -0.4 is 5.32 Å². The highest BCUT2D eigenvalue weighted by Crippen LogP contribution is 2.33. The van der Waals surface area contributed by atoms with Crippen LogP contribution in [0.15, 0.2) is 6.20 Å². The summed E-state index contributed by atoms with van der Waals surface area (Å²) in [5.41, 5.74) is 0.521. The zero-order chi connectivity index (χ0) is 7.03. The molecule has 2 aliphatic rings. The minimum Gasteiger partial charge on any atom is -0.367 e. The summed E-state index contributed by atoms with van der Waals surface area (Å²) in [4.78, 5) is 11.9. The first-order valence-corrected chi connectivity index (χ1v) is 3.50. The van der Waals surface area contributed by atoms with Crippen molar-refractivity contribution in [2.75, 3.05) is 26.2 Å². The van der Waals surface area contributed by atoms with Crippen molar-refractivity contribution in [3.05, 3.63) is 6.20 Å². The van der Waals surface area contributed by atoms with E-state index in [0.29, 0.717) is 5.41 Å². The zero-order valence-corrected chi connectivity index (χ0v) is 5.76. The van der Waals surface area contributed by atoms with E-state index in [9.17, 15) is 4.79 Å². The number of likely N-dealkylation sites (tertiary alicyclic amines) is 1. The molecule has 0 aromatic heterocycles. The molecule has 2 fully saturated rings. The van der Waals surface area contributed by atoms with Crippen LogP contribution >= 0.6 is 0 Å². The van der Waals surface area contributed by atoms with Crippen molar-refractivity contribution in [1.29, 1.82) is 0 Å². The van der Waals surface area contributed by atoms with E-state index >= 15 is 0 Å². The van der Waals surface area contributed by atoms with E-state index < -0.39 is 0 Å². The van der Waals surface area contributed by atoms with Gasteiger partial charge in [-0.25, -0.2) is 4.79 Å². The number of hydrogen-bond donors (Lipinski definition) is 1. The summed E-state index contributed by atoms with van der Waals surface area (Å²) in [6, 6.07) is 0. The lowest BCUT2D eigenvalue weighted by molar-refractivity contribution is -0.00680. The summed E-state index contributed by atoms with van der Waals surface area (Å²) in [7, 11) is 0. The van der Waals surface area contributed by atoms with Gasteiger partial charge in [0.1, 0.15) is 5.94 Å². The number of nitrogens with one attached hydrogen (secondary N) is 1. The molecule has 0 aromatic carbocycles. The normalized spacial score (nSPS) is 26.6. The Morgan fingerprint density at radius 3 is 2.60 bits per heavy atom. The Morgan fingerprint density at radius 2 is 2.20 bits per heavy atom. The Bertz CT molecular complexity index is 184. The molecule has 0 aliphatic carbocycles. The van der Waals surface area contributed by atoms with Crippen molar-refractivity contribution < 1.29 is 4.79 Å². The third kappa shape index (κ3) is 0.681. The van der Waals surface area contributed by atoms with E-state index in [0.717, 1.165) is 26.2 Å². The molecule has 0 unspecified atom stereocenters. The molecule has 2 saturated heterocycles. The second kappa shape index (κ2) is 1.84. The molecule has 0 amide bonds. The Balaban J connectivity index is 1.87. The van der Waals surface area contributed by atoms with E-state index in [1.165, 1.54) is 6.20 Å². The molecule has 2 aliphatic heterocycles. The fraction of sp³-hybridized carbons (Fsp3) is 0.714. The molecule has 54 valence electrons. The maximum Gasteiger partial charge on any atom is 0.142 e. The molecule has 0 atom stereocenters. The summed E-state index contributed by atoms with van der Waals surface area (Å²) in [6.07, 6.45) is 1.50. The first kappa shape index (κ1) is 5.96. The summed E-state index contributed by atoms with van der Waals surface area (Å²) in [5.74, 6) is 1.79. The van der Waals surface area contributed by atoms with Gasteiger partial charge in [0, 0.05) is 31.6 Å². The molecular formula is C7H10N2O. The van der Waals surface area contributed by atoms with E-state index in [4.69, 9.17) is 0 Å². The van der Waals surface area contributed by atoms with Gasteiger partial charge in [-0.3, -0.25) is 0 Å². The molecule has 1 N–H and O–H groups in total. The number of rotatable bonds is 1. The first-order valence-electron chi connectivity index (χ1n) is 3.50. The van der Waals surface area contributed by atoms with E-state index in [-0.39, 0.29) is 0 Å². The van der Waals surface area contributed by atoms with Gasteiger partial charge in [-0.2, -0.15) is 0 Å². The quantitative estimate of drug-likeness (QED) is 0.483. The number of hydrogen-bond acceptors (Lipinski definition) is 3. The van der Waals surface area contributed by atoms with Gasteiger partial charge in [0.25, 0.3) is 0 Å². The van der Waals surface area contributed by atoms with Gasteiger partial charge in [0.2, 0.25) is 0 Å². The van der Waals surface area contributed by atoms with Gasteiger partial charge in [0.05, 0.1) is 6.20 Å². The van der Waals surface area contributed by atoms with Crippen LogP contribution in [0.1, 0.15) is 0 Å². The predicted octanol–water partition coefficient (Wildman–Crippen LogP) is -0.763. The molecule has 3 heteroatoms. The Morgan fingerprint density at radius 1 is 1.50 bits per heavy atom. The number of nitrogens with zero attached hydrogens (tertiary/aromatic N) is 1. The van der Waals surface area contributed by atoms with Crippen molar-refractivity contribution >= 4 is 5.94 Å². The maximum atomic E-state index is 9.89. The predicted molar refractivity (Wildman–Crippen MR) is 37.1 cm³/mol. The third-order valence-corrected chi connectivity index (χ3v) is 2.31. The Labute approximate surface area is 59.7 Å². The van der Waals surface area contributed by atoms with Crippen molar-refractivity contribution in [3.8, 4) is 0 Å². The van der Waals surface area contributed by atoms with Gasteiger partial charge in [-0.05, 0) is 0 Å². The van der Waals surface area contributed by atoms with Crippen molar-refractivity contribution in [2.45, 2.75) is 0 Å². The molecule has 10 heavy (non-hydrogen) atoms. The van der Waals surface area contributed by atoms with Gasteiger partial charge >= 0.3 is 0 Å².